The van der Waals surface area contributed by atoms with Gasteiger partial charge in [-0.05, 0) is 34.5 Å². The quantitative estimate of drug-likeness (QED) is 0.842. The first-order valence-corrected chi connectivity index (χ1v) is 7.90. The second-order valence-corrected chi connectivity index (χ2v) is 6.49. The summed E-state index contributed by atoms with van der Waals surface area (Å²) >= 11 is 3.38. The third-order valence-electron chi connectivity index (χ3n) is 4.08. The second kappa shape index (κ2) is 5.90. The van der Waals surface area contributed by atoms with Gasteiger partial charge in [-0.3, -0.25) is 4.79 Å². The first-order valence-electron chi connectivity index (χ1n) is 7.11. The van der Waals surface area contributed by atoms with Gasteiger partial charge in [0.1, 0.15) is 11.4 Å². The van der Waals surface area contributed by atoms with E-state index in [-0.39, 0.29) is 5.91 Å². The molecule has 0 aromatic carbocycles. The number of ether oxygens (including phenoxy) is 1. The highest BCUT2D eigenvalue weighted by atomic mass is 79.9. The van der Waals surface area contributed by atoms with Crippen molar-refractivity contribution in [3.8, 4) is 0 Å². The van der Waals surface area contributed by atoms with E-state index in [2.05, 4.69) is 25.8 Å². The Morgan fingerprint density at radius 1 is 1.33 bits per heavy atom. The smallest absolute Gasteiger partial charge is 0.245 e. The van der Waals surface area contributed by atoms with Crippen LogP contribution in [0.25, 0.3) is 0 Å². The molecule has 2 N–H and O–H groups in total. The van der Waals surface area contributed by atoms with Crippen LogP contribution in [0.4, 0.5) is 5.82 Å². The predicted octanol–water partition coefficient (Wildman–Crippen LogP) is 0.610. The van der Waals surface area contributed by atoms with E-state index in [1.165, 1.54) is 0 Å². The Hall–Kier alpha value is -1.18. The highest BCUT2D eigenvalue weighted by Gasteiger charge is 2.41. The number of carbonyl (C=O) groups is 1. The molecule has 1 aromatic rings. The van der Waals surface area contributed by atoms with Gasteiger partial charge >= 0.3 is 0 Å². The summed E-state index contributed by atoms with van der Waals surface area (Å²) < 4.78 is 6.24. The average molecular weight is 355 g/mol. The standard InChI is InChI=1S/C14H19BrN4O2/c15-11-1-2-12(17-9-11)18-4-6-19(7-5-18)13(20)14(16)3-8-21-10-14/h1-2,9H,3-8,10,16H2. The van der Waals surface area contributed by atoms with Crippen LogP contribution >= 0.6 is 15.9 Å². The molecule has 0 saturated carbocycles. The summed E-state index contributed by atoms with van der Waals surface area (Å²) in [5, 5.41) is 0. The van der Waals surface area contributed by atoms with Crippen molar-refractivity contribution in [2.24, 2.45) is 5.73 Å². The maximum atomic E-state index is 12.5. The van der Waals surface area contributed by atoms with Gasteiger partial charge in [0.2, 0.25) is 5.91 Å². The number of hydrogen-bond donors (Lipinski definition) is 1. The lowest BCUT2D eigenvalue weighted by Crippen LogP contribution is -2.60. The normalized spacial score (nSPS) is 26.2. The fraction of sp³-hybridized carbons (Fsp3) is 0.571. The predicted molar refractivity (Wildman–Crippen MR) is 83.1 cm³/mol. The number of nitrogens with zero attached hydrogens (tertiary/aromatic N) is 3. The number of halogens is 1. The zero-order chi connectivity index (χ0) is 14.9. The fourth-order valence-corrected chi connectivity index (χ4v) is 2.99. The maximum absolute atomic E-state index is 12.5. The maximum Gasteiger partial charge on any atom is 0.245 e. The molecular weight excluding hydrogens is 336 g/mol. The largest absolute Gasteiger partial charge is 0.379 e. The topological polar surface area (TPSA) is 71.7 Å². The van der Waals surface area contributed by atoms with Crippen molar-refractivity contribution in [2.45, 2.75) is 12.0 Å². The van der Waals surface area contributed by atoms with E-state index in [0.29, 0.717) is 32.7 Å². The molecule has 0 aliphatic carbocycles. The number of rotatable bonds is 2. The Bertz CT molecular complexity index is 508. The minimum Gasteiger partial charge on any atom is -0.379 e. The number of amides is 1. The summed E-state index contributed by atoms with van der Waals surface area (Å²) in [4.78, 5) is 20.9. The van der Waals surface area contributed by atoms with E-state index < -0.39 is 5.54 Å². The van der Waals surface area contributed by atoms with E-state index in [1.54, 1.807) is 6.20 Å². The van der Waals surface area contributed by atoms with Crippen molar-refractivity contribution in [1.82, 2.24) is 9.88 Å². The number of nitrogens with two attached hydrogens (primary N) is 1. The van der Waals surface area contributed by atoms with Gasteiger partial charge in [-0.1, -0.05) is 0 Å². The van der Waals surface area contributed by atoms with E-state index in [4.69, 9.17) is 10.5 Å². The number of aromatic nitrogens is 1. The number of carbonyl (C=O) groups excluding carboxylic acids is 1. The second-order valence-electron chi connectivity index (χ2n) is 5.57. The Morgan fingerprint density at radius 3 is 2.67 bits per heavy atom. The molecule has 21 heavy (non-hydrogen) atoms. The molecule has 2 aliphatic heterocycles. The summed E-state index contributed by atoms with van der Waals surface area (Å²) in [5.74, 6) is 0.959. The first kappa shape index (κ1) is 14.7. The van der Waals surface area contributed by atoms with E-state index in [9.17, 15) is 4.79 Å². The van der Waals surface area contributed by atoms with Crippen molar-refractivity contribution in [2.75, 3.05) is 44.3 Å². The molecule has 2 saturated heterocycles. The number of anilines is 1. The van der Waals surface area contributed by atoms with Crippen LogP contribution in [-0.4, -0.2) is 60.7 Å². The minimum absolute atomic E-state index is 0.0171. The van der Waals surface area contributed by atoms with Crippen molar-refractivity contribution in [1.29, 1.82) is 0 Å². The van der Waals surface area contributed by atoms with Gasteiger partial charge in [-0.2, -0.15) is 0 Å². The molecule has 114 valence electrons. The van der Waals surface area contributed by atoms with E-state index in [1.807, 2.05) is 17.0 Å². The van der Waals surface area contributed by atoms with Crippen LogP contribution in [0.3, 0.4) is 0 Å². The molecular formula is C14H19BrN4O2. The molecule has 0 radical (unpaired) electrons. The first-order chi connectivity index (χ1) is 10.1. The average Bonchev–Trinajstić information content (AvgIpc) is 2.96. The van der Waals surface area contributed by atoms with Crippen LogP contribution in [0, 0.1) is 0 Å². The number of piperazine rings is 1. The summed E-state index contributed by atoms with van der Waals surface area (Å²) in [5.41, 5.74) is 5.33. The Labute approximate surface area is 132 Å². The molecule has 1 amide bonds. The van der Waals surface area contributed by atoms with Crippen LogP contribution in [0.1, 0.15) is 6.42 Å². The summed E-state index contributed by atoms with van der Waals surface area (Å²) in [6, 6.07) is 3.96. The van der Waals surface area contributed by atoms with Crippen molar-refractivity contribution >= 4 is 27.7 Å². The zero-order valence-electron chi connectivity index (χ0n) is 11.8. The molecule has 2 fully saturated rings. The molecule has 7 heteroatoms. The number of hydrogen-bond acceptors (Lipinski definition) is 5. The van der Waals surface area contributed by atoms with Gasteiger partial charge in [-0.15, -0.1) is 0 Å². The van der Waals surface area contributed by atoms with Crippen molar-refractivity contribution in [3.63, 3.8) is 0 Å². The Morgan fingerprint density at radius 2 is 2.10 bits per heavy atom. The monoisotopic (exact) mass is 354 g/mol. The molecule has 2 aliphatic rings. The van der Waals surface area contributed by atoms with Crippen LogP contribution < -0.4 is 10.6 Å². The zero-order valence-corrected chi connectivity index (χ0v) is 13.4. The van der Waals surface area contributed by atoms with Crippen LogP contribution in [0.2, 0.25) is 0 Å². The molecule has 0 spiro atoms. The molecule has 3 heterocycles. The van der Waals surface area contributed by atoms with Crippen LogP contribution in [0.5, 0.6) is 0 Å². The third kappa shape index (κ3) is 3.04. The minimum atomic E-state index is -0.821. The van der Waals surface area contributed by atoms with Gasteiger partial charge in [0.05, 0.1) is 6.61 Å². The Balaban J connectivity index is 1.60. The molecule has 1 atom stereocenters. The molecule has 0 bridgehead atoms. The van der Waals surface area contributed by atoms with Gasteiger partial charge < -0.3 is 20.3 Å². The van der Waals surface area contributed by atoms with E-state index >= 15 is 0 Å². The van der Waals surface area contributed by atoms with Crippen LogP contribution in [0.15, 0.2) is 22.8 Å². The van der Waals surface area contributed by atoms with Crippen molar-refractivity contribution < 1.29 is 9.53 Å². The SMILES string of the molecule is NC1(C(=O)N2CCN(c3ccc(Br)cn3)CC2)CCOC1. The Kier molecular flexibility index (Phi) is 4.14. The lowest BCUT2D eigenvalue weighted by molar-refractivity contribution is -0.137. The summed E-state index contributed by atoms with van der Waals surface area (Å²) in [7, 11) is 0. The highest BCUT2D eigenvalue weighted by Crippen LogP contribution is 2.21. The fourth-order valence-electron chi connectivity index (χ4n) is 2.76. The van der Waals surface area contributed by atoms with Crippen LogP contribution in [-0.2, 0) is 9.53 Å². The van der Waals surface area contributed by atoms with Gasteiger partial charge in [-0.25, -0.2) is 4.98 Å². The van der Waals surface area contributed by atoms with Gasteiger partial charge in [0.15, 0.2) is 0 Å². The molecule has 1 aromatic heterocycles. The van der Waals surface area contributed by atoms with Gasteiger partial charge in [0, 0.05) is 43.5 Å². The van der Waals surface area contributed by atoms with Gasteiger partial charge in [0.25, 0.3) is 0 Å². The lowest BCUT2D eigenvalue weighted by Gasteiger charge is -2.38. The molecule has 3 rings (SSSR count). The highest BCUT2D eigenvalue weighted by molar-refractivity contribution is 9.10. The molecule has 1 unspecified atom stereocenters. The summed E-state index contributed by atoms with van der Waals surface area (Å²) in [6.45, 7) is 3.81. The third-order valence-corrected chi connectivity index (χ3v) is 4.55. The van der Waals surface area contributed by atoms with Crippen molar-refractivity contribution in [3.05, 3.63) is 22.8 Å². The molecule has 6 nitrogen and oxygen atoms in total. The van der Waals surface area contributed by atoms with E-state index in [0.717, 1.165) is 23.4 Å². The summed E-state index contributed by atoms with van der Waals surface area (Å²) in [6.07, 6.45) is 2.40. The lowest BCUT2D eigenvalue weighted by atomic mass is 9.98. The number of pyridine rings is 1.